The lowest BCUT2D eigenvalue weighted by atomic mass is 9.92. The van der Waals surface area contributed by atoms with Gasteiger partial charge >= 0.3 is 0 Å². The molecule has 2 N–H and O–H groups in total. The van der Waals surface area contributed by atoms with Crippen molar-refractivity contribution in [3.63, 3.8) is 0 Å². The molecule has 1 heterocycles. The summed E-state index contributed by atoms with van der Waals surface area (Å²) < 4.78 is 5.20. The van der Waals surface area contributed by atoms with Crippen molar-refractivity contribution in [2.75, 3.05) is 13.7 Å². The highest BCUT2D eigenvalue weighted by atomic mass is 35.5. The number of ether oxygens (including phenoxy) is 1. The summed E-state index contributed by atoms with van der Waals surface area (Å²) in [6.07, 6.45) is 2.28. The highest BCUT2D eigenvalue weighted by Crippen LogP contribution is 2.31. The second-order valence-corrected chi connectivity index (χ2v) is 6.86. The third kappa shape index (κ3) is 4.04. The number of hydrogen-bond donors (Lipinski definition) is 2. The van der Waals surface area contributed by atoms with Crippen LogP contribution in [-0.2, 0) is 6.54 Å². The Bertz CT molecular complexity index is 655. The number of rotatable bonds is 5. The minimum atomic E-state index is 0.302. The Hall–Kier alpha value is -1.26. The highest BCUT2D eigenvalue weighted by molar-refractivity contribution is 6.36. The smallest absolute Gasteiger partial charge is 0.121 e. The number of piperidine rings is 1. The van der Waals surface area contributed by atoms with Crippen molar-refractivity contribution in [2.45, 2.75) is 31.5 Å². The maximum atomic E-state index is 6.36. The molecule has 2 atom stereocenters. The standard InChI is InChI=1S/C19H22Cl2N2O/c1-24-14-10-16(20)15(17(21)11-14)12-23-18-8-5-9-22-19(18)13-6-3-2-4-7-13/h2-4,6-7,10-11,18-19,22-23H,5,8-9,12H2,1H3/t18-,19-/m0/s1. The van der Waals surface area contributed by atoms with Crippen LogP contribution in [-0.4, -0.2) is 19.7 Å². The number of halogens is 2. The predicted molar refractivity (Wildman–Crippen MR) is 100 cm³/mol. The molecule has 24 heavy (non-hydrogen) atoms. The molecule has 3 rings (SSSR count). The van der Waals surface area contributed by atoms with Gasteiger partial charge in [-0.15, -0.1) is 0 Å². The lowest BCUT2D eigenvalue weighted by Gasteiger charge is -2.34. The molecule has 2 aromatic carbocycles. The molecule has 1 aliphatic heterocycles. The minimum Gasteiger partial charge on any atom is -0.497 e. The molecular formula is C19H22Cl2N2O. The first-order valence-electron chi connectivity index (χ1n) is 8.22. The zero-order valence-corrected chi connectivity index (χ0v) is 15.2. The summed E-state index contributed by atoms with van der Waals surface area (Å²) in [5.41, 5.74) is 2.22. The zero-order chi connectivity index (χ0) is 16.9. The number of nitrogens with one attached hydrogen (secondary N) is 2. The van der Waals surface area contributed by atoms with E-state index in [0.29, 0.717) is 34.4 Å². The Morgan fingerprint density at radius 2 is 1.88 bits per heavy atom. The first-order chi connectivity index (χ1) is 11.7. The number of methoxy groups -OCH3 is 1. The van der Waals surface area contributed by atoms with Gasteiger partial charge in [-0.3, -0.25) is 0 Å². The van der Waals surface area contributed by atoms with Gasteiger partial charge in [0, 0.05) is 24.2 Å². The maximum absolute atomic E-state index is 6.36. The van der Waals surface area contributed by atoms with Crippen LogP contribution in [0.5, 0.6) is 5.75 Å². The lowest BCUT2D eigenvalue weighted by Crippen LogP contribution is -2.45. The van der Waals surface area contributed by atoms with Crippen LogP contribution < -0.4 is 15.4 Å². The molecular weight excluding hydrogens is 343 g/mol. The molecule has 5 heteroatoms. The van der Waals surface area contributed by atoms with E-state index in [2.05, 4.69) is 34.9 Å². The average Bonchev–Trinajstić information content (AvgIpc) is 2.62. The lowest BCUT2D eigenvalue weighted by molar-refractivity contribution is 0.304. The molecule has 2 aromatic rings. The Balaban J connectivity index is 1.73. The van der Waals surface area contributed by atoms with Crippen molar-refractivity contribution in [1.82, 2.24) is 10.6 Å². The number of hydrogen-bond acceptors (Lipinski definition) is 3. The van der Waals surface area contributed by atoms with Crippen LogP contribution in [0.1, 0.15) is 30.0 Å². The van der Waals surface area contributed by atoms with Crippen molar-refractivity contribution in [3.05, 3.63) is 63.6 Å². The molecule has 1 aliphatic rings. The molecule has 0 saturated carbocycles. The van der Waals surface area contributed by atoms with Crippen molar-refractivity contribution in [3.8, 4) is 5.75 Å². The van der Waals surface area contributed by atoms with E-state index in [1.54, 1.807) is 19.2 Å². The van der Waals surface area contributed by atoms with Gasteiger partial charge < -0.3 is 15.4 Å². The SMILES string of the molecule is COc1cc(Cl)c(CN[C@H]2CCCN[C@H]2c2ccccc2)c(Cl)c1. The topological polar surface area (TPSA) is 33.3 Å². The fourth-order valence-electron chi connectivity index (χ4n) is 3.22. The average molecular weight is 365 g/mol. The van der Waals surface area contributed by atoms with E-state index >= 15 is 0 Å². The van der Waals surface area contributed by atoms with Crippen LogP contribution in [0.4, 0.5) is 0 Å². The normalized spacial score (nSPS) is 20.8. The van der Waals surface area contributed by atoms with Crippen LogP contribution in [0.25, 0.3) is 0 Å². The summed E-state index contributed by atoms with van der Waals surface area (Å²) in [5, 5.41) is 8.52. The van der Waals surface area contributed by atoms with E-state index in [4.69, 9.17) is 27.9 Å². The molecule has 0 aromatic heterocycles. The largest absolute Gasteiger partial charge is 0.497 e. The van der Waals surface area contributed by atoms with Gasteiger partial charge in [0.1, 0.15) is 5.75 Å². The summed E-state index contributed by atoms with van der Waals surface area (Å²) in [6, 6.07) is 14.8. The van der Waals surface area contributed by atoms with E-state index in [-0.39, 0.29) is 0 Å². The number of benzene rings is 2. The van der Waals surface area contributed by atoms with Gasteiger partial charge in [-0.1, -0.05) is 53.5 Å². The molecule has 0 bridgehead atoms. The quantitative estimate of drug-likeness (QED) is 0.814. The second kappa shape index (κ2) is 8.21. The van der Waals surface area contributed by atoms with E-state index in [1.807, 2.05) is 6.07 Å². The molecule has 0 aliphatic carbocycles. The highest BCUT2D eigenvalue weighted by Gasteiger charge is 2.26. The fraction of sp³-hybridized carbons (Fsp3) is 0.368. The minimum absolute atomic E-state index is 0.302. The molecule has 128 valence electrons. The van der Waals surface area contributed by atoms with Crippen molar-refractivity contribution in [2.24, 2.45) is 0 Å². The third-order valence-electron chi connectivity index (χ3n) is 4.51. The van der Waals surface area contributed by atoms with Crippen LogP contribution in [0.2, 0.25) is 10.0 Å². The van der Waals surface area contributed by atoms with Crippen LogP contribution >= 0.6 is 23.2 Å². The molecule has 1 fully saturated rings. The fourth-order valence-corrected chi connectivity index (χ4v) is 3.82. The van der Waals surface area contributed by atoms with Crippen molar-refractivity contribution in [1.29, 1.82) is 0 Å². The first kappa shape index (κ1) is 17.6. The monoisotopic (exact) mass is 364 g/mol. The molecule has 1 saturated heterocycles. The zero-order valence-electron chi connectivity index (χ0n) is 13.7. The summed E-state index contributed by atoms with van der Waals surface area (Å²) in [5.74, 6) is 0.676. The van der Waals surface area contributed by atoms with Crippen molar-refractivity contribution < 1.29 is 4.74 Å². The Labute approximate surface area is 153 Å². The summed E-state index contributed by atoms with van der Waals surface area (Å²) in [7, 11) is 1.61. The van der Waals surface area contributed by atoms with E-state index in [0.717, 1.165) is 24.9 Å². The molecule has 3 nitrogen and oxygen atoms in total. The molecule has 0 unspecified atom stereocenters. The van der Waals surface area contributed by atoms with Gasteiger partial charge in [0.2, 0.25) is 0 Å². The maximum Gasteiger partial charge on any atom is 0.121 e. The Kier molecular flexibility index (Phi) is 6.01. The van der Waals surface area contributed by atoms with Gasteiger partial charge in [0.05, 0.1) is 17.2 Å². The van der Waals surface area contributed by atoms with E-state index < -0.39 is 0 Å². The van der Waals surface area contributed by atoms with Gasteiger partial charge in [-0.05, 0) is 37.1 Å². The van der Waals surface area contributed by atoms with Gasteiger partial charge in [-0.2, -0.15) is 0 Å². The Morgan fingerprint density at radius 1 is 1.17 bits per heavy atom. The van der Waals surface area contributed by atoms with Crippen LogP contribution in [0.3, 0.4) is 0 Å². The van der Waals surface area contributed by atoms with E-state index in [9.17, 15) is 0 Å². The van der Waals surface area contributed by atoms with Crippen LogP contribution in [0, 0.1) is 0 Å². The first-order valence-corrected chi connectivity index (χ1v) is 8.98. The van der Waals surface area contributed by atoms with Gasteiger partial charge in [-0.25, -0.2) is 0 Å². The van der Waals surface area contributed by atoms with Crippen molar-refractivity contribution >= 4 is 23.2 Å². The Morgan fingerprint density at radius 3 is 2.54 bits per heavy atom. The molecule has 0 radical (unpaired) electrons. The molecule has 0 spiro atoms. The predicted octanol–water partition coefficient (Wildman–Crippen LogP) is 4.58. The third-order valence-corrected chi connectivity index (χ3v) is 5.18. The summed E-state index contributed by atoms with van der Waals surface area (Å²) in [4.78, 5) is 0. The summed E-state index contributed by atoms with van der Waals surface area (Å²) >= 11 is 12.7. The van der Waals surface area contributed by atoms with Crippen LogP contribution in [0.15, 0.2) is 42.5 Å². The van der Waals surface area contributed by atoms with E-state index in [1.165, 1.54) is 5.56 Å². The second-order valence-electron chi connectivity index (χ2n) is 6.04. The van der Waals surface area contributed by atoms with Gasteiger partial charge in [0.15, 0.2) is 0 Å². The van der Waals surface area contributed by atoms with Gasteiger partial charge in [0.25, 0.3) is 0 Å². The molecule has 0 amide bonds. The summed E-state index contributed by atoms with van der Waals surface area (Å²) in [6.45, 7) is 1.68.